The normalized spacial score (nSPS) is 18.8. The van der Waals surface area contributed by atoms with Crippen LogP contribution in [0.5, 0.6) is 0 Å². The second-order valence-corrected chi connectivity index (χ2v) is 6.31. The van der Waals surface area contributed by atoms with Gasteiger partial charge in [-0.15, -0.1) is 10.2 Å². The summed E-state index contributed by atoms with van der Waals surface area (Å²) >= 11 is 0. The third-order valence-electron chi connectivity index (χ3n) is 4.20. The molecule has 1 saturated carbocycles. The van der Waals surface area contributed by atoms with Crippen molar-refractivity contribution >= 4 is 5.97 Å². The Morgan fingerprint density at radius 3 is 2.67 bits per heavy atom. The van der Waals surface area contributed by atoms with E-state index in [0.717, 1.165) is 25.7 Å². The molecular weight excluding hydrogens is 272 g/mol. The van der Waals surface area contributed by atoms with Gasteiger partial charge in [0.05, 0.1) is 6.42 Å². The van der Waals surface area contributed by atoms with Crippen molar-refractivity contribution in [3.63, 3.8) is 0 Å². The molecule has 0 amide bonds. The van der Waals surface area contributed by atoms with Crippen LogP contribution in [-0.4, -0.2) is 35.0 Å². The molecular formula is C15H24N2O4. The molecule has 0 aromatic carbocycles. The van der Waals surface area contributed by atoms with Crippen molar-refractivity contribution in [3.05, 3.63) is 11.8 Å². The van der Waals surface area contributed by atoms with Gasteiger partial charge < -0.3 is 14.3 Å². The topological polar surface area (TPSA) is 85.5 Å². The molecule has 1 N–H and O–H groups in total. The number of carbonyl (C=O) groups is 1. The molecule has 1 unspecified atom stereocenters. The lowest BCUT2D eigenvalue weighted by molar-refractivity contribution is -0.139. The number of aliphatic carboxylic acids is 1. The number of ether oxygens (including phenoxy) is 1. The highest BCUT2D eigenvalue weighted by Gasteiger charge is 2.37. The minimum atomic E-state index is -0.745. The van der Waals surface area contributed by atoms with E-state index in [0.29, 0.717) is 37.1 Å². The van der Waals surface area contributed by atoms with Gasteiger partial charge in [0.25, 0.3) is 0 Å². The number of hydrogen-bond donors (Lipinski definition) is 1. The standard InChI is InChI=1S/C15H24N2O4/c1-11(10-20-2)7-12-16-17-13(21-12)8-15(9-14(18)19)5-3-4-6-15/h11H,3-10H2,1-2H3,(H,18,19). The first-order valence-electron chi connectivity index (χ1n) is 7.55. The van der Waals surface area contributed by atoms with Crippen LogP contribution >= 0.6 is 0 Å². The Kier molecular flexibility index (Phi) is 5.33. The van der Waals surface area contributed by atoms with E-state index in [9.17, 15) is 4.79 Å². The van der Waals surface area contributed by atoms with Gasteiger partial charge in [-0.05, 0) is 24.2 Å². The Hall–Kier alpha value is -1.43. The van der Waals surface area contributed by atoms with E-state index in [4.69, 9.17) is 14.3 Å². The Balaban J connectivity index is 1.98. The summed E-state index contributed by atoms with van der Waals surface area (Å²) in [5.74, 6) is 0.754. The maximum Gasteiger partial charge on any atom is 0.303 e. The zero-order valence-corrected chi connectivity index (χ0v) is 12.8. The Bertz CT molecular complexity index is 466. The largest absolute Gasteiger partial charge is 0.481 e. The summed E-state index contributed by atoms with van der Waals surface area (Å²) in [6.45, 7) is 2.72. The minimum absolute atomic E-state index is 0.185. The average Bonchev–Trinajstić information content (AvgIpc) is 2.99. The zero-order chi connectivity index (χ0) is 15.3. The maximum absolute atomic E-state index is 11.1. The second kappa shape index (κ2) is 7.02. The quantitative estimate of drug-likeness (QED) is 0.793. The van der Waals surface area contributed by atoms with Crippen molar-refractivity contribution in [1.29, 1.82) is 0 Å². The summed E-state index contributed by atoms with van der Waals surface area (Å²) in [7, 11) is 1.67. The molecule has 2 rings (SSSR count). The zero-order valence-electron chi connectivity index (χ0n) is 12.8. The molecule has 1 fully saturated rings. The average molecular weight is 296 g/mol. The molecule has 0 radical (unpaired) electrons. The molecule has 0 spiro atoms. The lowest BCUT2D eigenvalue weighted by atomic mass is 9.79. The lowest BCUT2D eigenvalue weighted by Gasteiger charge is -2.24. The fourth-order valence-electron chi connectivity index (χ4n) is 3.27. The van der Waals surface area contributed by atoms with Gasteiger partial charge in [0, 0.05) is 26.6 Å². The first-order chi connectivity index (χ1) is 10.0. The summed E-state index contributed by atoms with van der Waals surface area (Å²) in [6, 6.07) is 0. The van der Waals surface area contributed by atoms with E-state index in [1.165, 1.54) is 0 Å². The number of nitrogens with zero attached hydrogens (tertiary/aromatic N) is 2. The summed E-state index contributed by atoms with van der Waals surface area (Å²) in [4.78, 5) is 11.1. The Morgan fingerprint density at radius 2 is 2.05 bits per heavy atom. The summed E-state index contributed by atoms with van der Waals surface area (Å²) in [5, 5.41) is 17.3. The molecule has 0 saturated heterocycles. The number of aromatic nitrogens is 2. The Labute approximate surface area is 124 Å². The van der Waals surface area contributed by atoms with Crippen LogP contribution in [0.4, 0.5) is 0 Å². The monoisotopic (exact) mass is 296 g/mol. The van der Waals surface area contributed by atoms with Crippen LogP contribution in [0.25, 0.3) is 0 Å². The van der Waals surface area contributed by atoms with Gasteiger partial charge in [-0.3, -0.25) is 4.79 Å². The van der Waals surface area contributed by atoms with Crippen LogP contribution in [0, 0.1) is 11.3 Å². The first kappa shape index (κ1) is 15.9. The molecule has 21 heavy (non-hydrogen) atoms. The third kappa shape index (κ3) is 4.52. The van der Waals surface area contributed by atoms with Gasteiger partial charge >= 0.3 is 5.97 Å². The van der Waals surface area contributed by atoms with E-state index in [1.54, 1.807) is 7.11 Å². The Morgan fingerprint density at radius 1 is 1.38 bits per heavy atom. The van der Waals surface area contributed by atoms with E-state index in [1.807, 2.05) is 0 Å². The molecule has 0 bridgehead atoms. The van der Waals surface area contributed by atoms with Crippen LogP contribution in [-0.2, 0) is 22.4 Å². The fraction of sp³-hybridized carbons (Fsp3) is 0.800. The fourth-order valence-corrected chi connectivity index (χ4v) is 3.27. The first-order valence-corrected chi connectivity index (χ1v) is 7.55. The maximum atomic E-state index is 11.1. The van der Waals surface area contributed by atoms with Crippen LogP contribution in [0.15, 0.2) is 4.42 Å². The van der Waals surface area contributed by atoms with Crippen molar-refractivity contribution in [3.8, 4) is 0 Å². The van der Waals surface area contributed by atoms with E-state index in [2.05, 4.69) is 17.1 Å². The molecule has 6 heteroatoms. The second-order valence-electron chi connectivity index (χ2n) is 6.31. The van der Waals surface area contributed by atoms with Gasteiger partial charge in [0.2, 0.25) is 11.8 Å². The molecule has 1 aromatic rings. The predicted molar refractivity (Wildman–Crippen MR) is 75.9 cm³/mol. The highest BCUT2D eigenvalue weighted by atomic mass is 16.5. The molecule has 1 aliphatic carbocycles. The van der Waals surface area contributed by atoms with Crippen LogP contribution in [0.2, 0.25) is 0 Å². The van der Waals surface area contributed by atoms with Crippen molar-refractivity contribution in [2.24, 2.45) is 11.3 Å². The molecule has 1 atom stereocenters. The molecule has 0 aliphatic heterocycles. The van der Waals surface area contributed by atoms with E-state index < -0.39 is 5.97 Å². The van der Waals surface area contributed by atoms with E-state index >= 15 is 0 Å². The van der Waals surface area contributed by atoms with Crippen molar-refractivity contribution < 1.29 is 19.1 Å². The van der Waals surface area contributed by atoms with Gasteiger partial charge in [-0.2, -0.15) is 0 Å². The molecule has 118 valence electrons. The van der Waals surface area contributed by atoms with Gasteiger partial charge in [0.15, 0.2) is 0 Å². The SMILES string of the molecule is COCC(C)Cc1nnc(CC2(CC(=O)O)CCCC2)o1. The number of hydrogen-bond acceptors (Lipinski definition) is 5. The van der Waals surface area contributed by atoms with E-state index in [-0.39, 0.29) is 11.8 Å². The highest BCUT2D eigenvalue weighted by molar-refractivity contribution is 5.67. The van der Waals surface area contributed by atoms with Gasteiger partial charge in [0.1, 0.15) is 0 Å². The molecule has 1 heterocycles. The van der Waals surface area contributed by atoms with Crippen LogP contribution in [0.1, 0.15) is 50.8 Å². The summed E-state index contributed by atoms with van der Waals surface area (Å²) in [5.41, 5.74) is -0.201. The lowest BCUT2D eigenvalue weighted by Crippen LogP contribution is -2.24. The molecule has 1 aliphatic rings. The molecule has 6 nitrogen and oxygen atoms in total. The summed E-state index contributed by atoms with van der Waals surface area (Å²) in [6.07, 6.45) is 5.47. The number of carboxylic acid groups (broad SMARTS) is 1. The molecule has 1 aromatic heterocycles. The number of rotatable bonds is 8. The van der Waals surface area contributed by atoms with Gasteiger partial charge in [-0.25, -0.2) is 0 Å². The van der Waals surface area contributed by atoms with Crippen molar-refractivity contribution in [2.75, 3.05) is 13.7 Å². The minimum Gasteiger partial charge on any atom is -0.481 e. The smallest absolute Gasteiger partial charge is 0.303 e. The predicted octanol–water partition coefficient (Wildman–Crippen LogP) is 2.47. The van der Waals surface area contributed by atoms with Gasteiger partial charge in [-0.1, -0.05) is 19.8 Å². The van der Waals surface area contributed by atoms with Crippen LogP contribution in [0.3, 0.4) is 0 Å². The van der Waals surface area contributed by atoms with Crippen molar-refractivity contribution in [1.82, 2.24) is 10.2 Å². The van der Waals surface area contributed by atoms with Crippen molar-refractivity contribution in [2.45, 2.75) is 51.9 Å². The number of carboxylic acids is 1. The number of methoxy groups -OCH3 is 1. The van der Waals surface area contributed by atoms with Crippen LogP contribution < -0.4 is 0 Å². The third-order valence-corrected chi connectivity index (χ3v) is 4.20. The summed E-state index contributed by atoms with van der Waals surface area (Å²) < 4.78 is 10.8. The highest BCUT2D eigenvalue weighted by Crippen LogP contribution is 2.43.